The number of nitrogens with zero attached hydrogens (tertiary/aromatic N) is 3. The lowest BCUT2D eigenvalue weighted by molar-refractivity contribution is -0.134. The van der Waals surface area contributed by atoms with Crippen LogP contribution >= 0.6 is 0 Å². The molecule has 5 nitrogen and oxygen atoms in total. The minimum atomic E-state index is -0.299. The lowest BCUT2D eigenvalue weighted by atomic mass is 10.1. The summed E-state index contributed by atoms with van der Waals surface area (Å²) in [6.45, 7) is 7.27. The Hall–Kier alpha value is -2.30. The van der Waals surface area contributed by atoms with Crippen LogP contribution in [0.3, 0.4) is 0 Å². The lowest BCUT2D eigenvalue weighted by Crippen LogP contribution is -2.36. The molecule has 0 aliphatic heterocycles. The molecule has 2 N–H and O–H groups in total. The fourth-order valence-corrected chi connectivity index (χ4v) is 2.29. The number of hydrogen-bond donors (Lipinski definition) is 1. The number of anilines is 1. The monoisotopic (exact) mass is 286 g/mol. The second kappa shape index (κ2) is 6.43. The first kappa shape index (κ1) is 15.1. The molecule has 0 aliphatic rings. The molecule has 1 atom stereocenters. The Bertz CT molecular complexity index is 599. The molecule has 21 heavy (non-hydrogen) atoms. The molecule has 0 spiro atoms. The number of hydrogen-bond acceptors (Lipinski definition) is 3. The molecule has 1 amide bonds. The van der Waals surface area contributed by atoms with E-state index in [4.69, 9.17) is 5.73 Å². The zero-order valence-corrected chi connectivity index (χ0v) is 12.8. The van der Waals surface area contributed by atoms with Crippen molar-refractivity contribution in [3.8, 4) is 11.1 Å². The molecule has 1 aromatic carbocycles. The van der Waals surface area contributed by atoms with Crippen molar-refractivity contribution in [1.82, 2.24) is 14.7 Å². The zero-order valence-electron chi connectivity index (χ0n) is 12.8. The van der Waals surface area contributed by atoms with E-state index in [-0.39, 0.29) is 11.9 Å². The average Bonchev–Trinajstić information content (AvgIpc) is 2.98. The Balaban J connectivity index is 2.19. The molecule has 0 saturated heterocycles. The second-order valence-corrected chi connectivity index (χ2v) is 5.02. The predicted octanol–water partition coefficient (Wildman–Crippen LogP) is 2.56. The van der Waals surface area contributed by atoms with E-state index >= 15 is 0 Å². The quantitative estimate of drug-likeness (QED) is 0.859. The molecular weight excluding hydrogens is 264 g/mol. The van der Waals surface area contributed by atoms with Crippen molar-refractivity contribution in [2.24, 2.45) is 0 Å². The summed E-state index contributed by atoms with van der Waals surface area (Å²) in [7, 11) is 0. The van der Waals surface area contributed by atoms with Crippen LogP contribution in [0.4, 0.5) is 5.69 Å². The van der Waals surface area contributed by atoms with E-state index in [1.807, 2.05) is 56.1 Å². The number of carbonyl (C=O) groups is 1. The zero-order chi connectivity index (χ0) is 15.4. The van der Waals surface area contributed by atoms with Gasteiger partial charge in [0.1, 0.15) is 6.04 Å². The number of benzene rings is 1. The minimum absolute atomic E-state index is 0.0898. The fraction of sp³-hybridized carbons (Fsp3) is 0.375. The number of nitrogen functional groups attached to an aromatic ring is 1. The first-order valence-electron chi connectivity index (χ1n) is 7.25. The van der Waals surface area contributed by atoms with Gasteiger partial charge < -0.3 is 10.6 Å². The Labute approximate surface area is 125 Å². The molecule has 112 valence electrons. The predicted molar refractivity (Wildman–Crippen MR) is 84.7 cm³/mol. The standard InChI is InChI=1S/C16H22N4O/c1-4-19(5-2)16(21)12(3)20-11-14(10-18-20)13-6-8-15(17)9-7-13/h6-12H,4-5,17H2,1-3H3. The van der Waals surface area contributed by atoms with Crippen molar-refractivity contribution in [2.75, 3.05) is 18.8 Å². The maximum atomic E-state index is 12.3. The molecule has 1 unspecified atom stereocenters. The van der Waals surface area contributed by atoms with Crippen molar-refractivity contribution >= 4 is 11.6 Å². The molecule has 0 bridgehead atoms. The molecule has 0 radical (unpaired) electrons. The van der Waals surface area contributed by atoms with Gasteiger partial charge in [-0.25, -0.2) is 0 Å². The molecule has 2 aromatic rings. The Morgan fingerprint density at radius 2 is 1.86 bits per heavy atom. The van der Waals surface area contributed by atoms with Gasteiger partial charge in [0.05, 0.1) is 6.20 Å². The van der Waals surface area contributed by atoms with Crippen LogP contribution in [-0.4, -0.2) is 33.7 Å². The third-order valence-corrected chi connectivity index (χ3v) is 3.67. The van der Waals surface area contributed by atoms with E-state index in [1.54, 1.807) is 10.9 Å². The minimum Gasteiger partial charge on any atom is -0.399 e. The van der Waals surface area contributed by atoms with Gasteiger partial charge in [0.25, 0.3) is 0 Å². The second-order valence-electron chi connectivity index (χ2n) is 5.02. The van der Waals surface area contributed by atoms with E-state index in [0.717, 1.165) is 16.8 Å². The smallest absolute Gasteiger partial charge is 0.247 e. The maximum Gasteiger partial charge on any atom is 0.247 e. The van der Waals surface area contributed by atoms with Crippen LogP contribution in [0, 0.1) is 0 Å². The van der Waals surface area contributed by atoms with Crippen LogP contribution in [0.15, 0.2) is 36.7 Å². The number of likely N-dealkylation sites (N-methyl/N-ethyl adjacent to an activating group) is 1. The highest BCUT2D eigenvalue weighted by Crippen LogP contribution is 2.21. The third-order valence-electron chi connectivity index (χ3n) is 3.67. The van der Waals surface area contributed by atoms with Crippen molar-refractivity contribution in [3.63, 3.8) is 0 Å². The molecule has 1 aromatic heterocycles. The van der Waals surface area contributed by atoms with Gasteiger partial charge in [-0.15, -0.1) is 0 Å². The van der Waals surface area contributed by atoms with E-state index in [2.05, 4.69) is 5.10 Å². The molecule has 0 fully saturated rings. The van der Waals surface area contributed by atoms with Crippen molar-refractivity contribution in [2.45, 2.75) is 26.8 Å². The molecule has 1 heterocycles. The summed E-state index contributed by atoms with van der Waals surface area (Å²) in [6.07, 6.45) is 3.68. The van der Waals surface area contributed by atoms with Crippen molar-refractivity contribution < 1.29 is 4.79 Å². The molecule has 0 saturated carbocycles. The maximum absolute atomic E-state index is 12.3. The molecule has 5 heteroatoms. The topological polar surface area (TPSA) is 64.2 Å². The van der Waals surface area contributed by atoms with Crippen LogP contribution in [-0.2, 0) is 4.79 Å². The highest BCUT2D eigenvalue weighted by molar-refractivity contribution is 5.80. The van der Waals surface area contributed by atoms with Crippen molar-refractivity contribution in [3.05, 3.63) is 36.7 Å². The van der Waals surface area contributed by atoms with Crippen LogP contribution in [0.5, 0.6) is 0 Å². The van der Waals surface area contributed by atoms with Crippen molar-refractivity contribution in [1.29, 1.82) is 0 Å². The van der Waals surface area contributed by atoms with Crippen LogP contribution in [0.2, 0.25) is 0 Å². The summed E-state index contributed by atoms with van der Waals surface area (Å²) < 4.78 is 1.71. The highest BCUT2D eigenvalue weighted by Gasteiger charge is 2.20. The van der Waals surface area contributed by atoms with Gasteiger partial charge in [-0.3, -0.25) is 9.48 Å². The summed E-state index contributed by atoms with van der Waals surface area (Å²) in [5, 5.41) is 4.32. The summed E-state index contributed by atoms with van der Waals surface area (Å²) in [5.74, 6) is 0.0898. The van der Waals surface area contributed by atoms with Gasteiger partial charge in [0, 0.05) is 30.5 Å². The normalized spacial score (nSPS) is 12.1. The van der Waals surface area contributed by atoms with E-state index in [0.29, 0.717) is 13.1 Å². The summed E-state index contributed by atoms with van der Waals surface area (Å²) >= 11 is 0. The first-order valence-corrected chi connectivity index (χ1v) is 7.25. The van der Waals surface area contributed by atoms with Crippen LogP contribution < -0.4 is 5.73 Å². The third kappa shape index (κ3) is 3.24. The van der Waals surface area contributed by atoms with Crippen LogP contribution in [0.25, 0.3) is 11.1 Å². The molecule has 2 rings (SSSR count). The van der Waals surface area contributed by atoms with E-state index in [1.165, 1.54) is 0 Å². The van der Waals surface area contributed by atoms with Gasteiger partial charge in [-0.05, 0) is 38.5 Å². The number of amides is 1. The lowest BCUT2D eigenvalue weighted by Gasteiger charge is -2.22. The molecular formula is C16H22N4O. The number of carbonyl (C=O) groups excluding carboxylic acids is 1. The first-order chi connectivity index (χ1) is 10.1. The van der Waals surface area contributed by atoms with Crippen LogP contribution in [0.1, 0.15) is 26.8 Å². The Morgan fingerprint density at radius 3 is 2.43 bits per heavy atom. The van der Waals surface area contributed by atoms with E-state index < -0.39 is 0 Å². The average molecular weight is 286 g/mol. The van der Waals surface area contributed by atoms with Gasteiger partial charge in [0.15, 0.2) is 0 Å². The summed E-state index contributed by atoms with van der Waals surface area (Å²) in [4.78, 5) is 14.2. The number of aromatic nitrogens is 2. The fourth-order valence-electron chi connectivity index (χ4n) is 2.29. The summed E-state index contributed by atoms with van der Waals surface area (Å²) in [5.41, 5.74) is 8.44. The molecule has 0 aliphatic carbocycles. The van der Waals surface area contributed by atoms with Gasteiger partial charge in [-0.2, -0.15) is 5.10 Å². The highest BCUT2D eigenvalue weighted by atomic mass is 16.2. The Kier molecular flexibility index (Phi) is 4.62. The SMILES string of the molecule is CCN(CC)C(=O)C(C)n1cc(-c2ccc(N)cc2)cn1. The summed E-state index contributed by atoms with van der Waals surface area (Å²) in [6, 6.07) is 7.32. The van der Waals surface area contributed by atoms with Gasteiger partial charge in [0.2, 0.25) is 5.91 Å². The number of rotatable bonds is 5. The van der Waals surface area contributed by atoms with E-state index in [9.17, 15) is 4.79 Å². The van der Waals surface area contributed by atoms with Gasteiger partial charge in [-0.1, -0.05) is 12.1 Å². The Morgan fingerprint density at radius 1 is 1.24 bits per heavy atom. The van der Waals surface area contributed by atoms with Gasteiger partial charge >= 0.3 is 0 Å². The number of nitrogens with two attached hydrogens (primary N) is 1. The largest absolute Gasteiger partial charge is 0.399 e.